The van der Waals surface area contributed by atoms with Crippen molar-refractivity contribution in [3.8, 4) is 5.88 Å². The molecule has 2 aromatic rings. The molecule has 1 N–H and O–H groups in total. The third-order valence-corrected chi connectivity index (χ3v) is 1.87. The van der Waals surface area contributed by atoms with Crippen LogP contribution in [0.15, 0.2) is 18.5 Å². The fraction of sp³-hybridized carbons (Fsp3) is 0.111. The third kappa shape index (κ3) is 1.56. The predicted octanol–water partition coefficient (Wildman–Crippen LogP) is 0.732. The number of rotatable bonds is 2. The van der Waals surface area contributed by atoms with Crippen LogP contribution in [-0.4, -0.2) is 33.1 Å². The van der Waals surface area contributed by atoms with E-state index in [1.165, 1.54) is 19.5 Å². The average molecular weight is 205 g/mol. The van der Waals surface area contributed by atoms with E-state index in [1.54, 1.807) is 6.07 Å². The first kappa shape index (κ1) is 9.32. The van der Waals surface area contributed by atoms with Gasteiger partial charge in [0.15, 0.2) is 11.3 Å². The molecule has 0 spiro atoms. The molecule has 0 aromatic carbocycles. The summed E-state index contributed by atoms with van der Waals surface area (Å²) < 4.78 is 4.99. The molecule has 0 unspecified atom stereocenters. The lowest BCUT2D eigenvalue weighted by atomic mass is 10.3. The molecule has 0 aliphatic heterocycles. The second kappa shape index (κ2) is 3.49. The van der Waals surface area contributed by atoms with Crippen LogP contribution in [0.25, 0.3) is 11.0 Å². The Labute approximate surface area is 84.6 Å². The Balaban J connectivity index is 2.69. The molecule has 2 aromatic heterocycles. The molecule has 0 fully saturated rings. The number of pyridine rings is 1. The molecule has 0 radical (unpaired) electrons. The SMILES string of the molecule is COc1ncnc2nc(C(=O)O)ccc12. The van der Waals surface area contributed by atoms with Gasteiger partial charge in [-0.05, 0) is 12.1 Å². The van der Waals surface area contributed by atoms with Crippen molar-refractivity contribution in [3.63, 3.8) is 0 Å². The smallest absolute Gasteiger partial charge is 0.354 e. The summed E-state index contributed by atoms with van der Waals surface area (Å²) in [5, 5.41) is 9.32. The van der Waals surface area contributed by atoms with Gasteiger partial charge in [-0.15, -0.1) is 0 Å². The molecule has 0 atom stereocenters. The standard InChI is InChI=1S/C9H7N3O3/c1-15-8-5-2-3-6(9(13)14)12-7(5)10-4-11-8/h2-4H,1H3,(H,13,14). The van der Waals surface area contributed by atoms with Crippen LogP contribution >= 0.6 is 0 Å². The van der Waals surface area contributed by atoms with Crippen LogP contribution in [-0.2, 0) is 0 Å². The zero-order chi connectivity index (χ0) is 10.8. The Morgan fingerprint density at radius 2 is 2.20 bits per heavy atom. The number of fused-ring (bicyclic) bond motifs is 1. The Hall–Kier alpha value is -2.24. The lowest BCUT2D eigenvalue weighted by molar-refractivity contribution is 0.0691. The van der Waals surface area contributed by atoms with E-state index in [2.05, 4.69) is 15.0 Å². The van der Waals surface area contributed by atoms with Crippen LogP contribution in [0.3, 0.4) is 0 Å². The zero-order valence-electron chi connectivity index (χ0n) is 7.84. The number of ether oxygens (including phenoxy) is 1. The minimum Gasteiger partial charge on any atom is -0.480 e. The van der Waals surface area contributed by atoms with Gasteiger partial charge in [0.05, 0.1) is 12.5 Å². The molecule has 15 heavy (non-hydrogen) atoms. The molecular weight excluding hydrogens is 198 g/mol. The van der Waals surface area contributed by atoms with E-state index in [0.717, 1.165) is 0 Å². The molecule has 2 rings (SSSR count). The van der Waals surface area contributed by atoms with Crippen molar-refractivity contribution in [1.82, 2.24) is 15.0 Å². The fourth-order valence-electron chi connectivity index (χ4n) is 1.20. The minimum atomic E-state index is -1.09. The van der Waals surface area contributed by atoms with E-state index in [1.807, 2.05) is 0 Å². The maximum Gasteiger partial charge on any atom is 0.354 e. The maximum atomic E-state index is 10.7. The molecule has 0 amide bonds. The number of carboxylic acids is 1. The van der Waals surface area contributed by atoms with Crippen LogP contribution in [0, 0.1) is 0 Å². The Morgan fingerprint density at radius 1 is 1.40 bits per heavy atom. The minimum absolute atomic E-state index is 0.0525. The van der Waals surface area contributed by atoms with E-state index in [9.17, 15) is 4.79 Å². The van der Waals surface area contributed by atoms with Crippen molar-refractivity contribution in [1.29, 1.82) is 0 Å². The monoisotopic (exact) mass is 205 g/mol. The van der Waals surface area contributed by atoms with Gasteiger partial charge < -0.3 is 9.84 Å². The second-order valence-corrected chi connectivity index (χ2v) is 2.76. The van der Waals surface area contributed by atoms with Gasteiger partial charge in [-0.2, -0.15) is 0 Å². The van der Waals surface area contributed by atoms with Gasteiger partial charge in [0.2, 0.25) is 5.88 Å². The Kier molecular flexibility index (Phi) is 2.17. The average Bonchev–Trinajstić information content (AvgIpc) is 2.27. The molecule has 0 saturated carbocycles. The van der Waals surface area contributed by atoms with Crippen molar-refractivity contribution in [2.24, 2.45) is 0 Å². The van der Waals surface area contributed by atoms with Crippen LogP contribution in [0.1, 0.15) is 10.5 Å². The van der Waals surface area contributed by atoms with E-state index in [4.69, 9.17) is 9.84 Å². The van der Waals surface area contributed by atoms with Gasteiger partial charge in [0.25, 0.3) is 0 Å². The van der Waals surface area contributed by atoms with Gasteiger partial charge in [0, 0.05) is 0 Å². The first-order valence-electron chi connectivity index (χ1n) is 4.11. The number of aromatic nitrogens is 3. The molecular formula is C9H7N3O3. The first-order valence-corrected chi connectivity index (χ1v) is 4.11. The number of methoxy groups -OCH3 is 1. The highest BCUT2D eigenvalue weighted by Crippen LogP contribution is 2.19. The number of carbonyl (C=O) groups is 1. The van der Waals surface area contributed by atoms with Crippen molar-refractivity contribution < 1.29 is 14.6 Å². The van der Waals surface area contributed by atoms with Gasteiger partial charge >= 0.3 is 5.97 Å². The lowest BCUT2D eigenvalue weighted by Gasteiger charge is -2.02. The van der Waals surface area contributed by atoms with Crippen molar-refractivity contribution in [3.05, 3.63) is 24.2 Å². The van der Waals surface area contributed by atoms with Crippen LogP contribution in [0.2, 0.25) is 0 Å². The van der Waals surface area contributed by atoms with Gasteiger partial charge in [-0.1, -0.05) is 0 Å². The molecule has 76 valence electrons. The summed E-state index contributed by atoms with van der Waals surface area (Å²) >= 11 is 0. The lowest BCUT2D eigenvalue weighted by Crippen LogP contribution is -2.01. The molecule has 0 bridgehead atoms. The van der Waals surface area contributed by atoms with E-state index in [-0.39, 0.29) is 5.69 Å². The Morgan fingerprint density at radius 3 is 2.87 bits per heavy atom. The Bertz CT molecular complexity index is 527. The van der Waals surface area contributed by atoms with E-state index in [0.29, 0.717) is 16.9 Å². The normalized spacial score (nSPS) is 10.2. The summed E-state index contributed by atoms with van der Waals surface area (Å²) in [5.41, 5.74) is 0.255. The molecule has 2 heterocycles. The van der Waals surface area contributed by atoms with Crippen LogP contribution in [0.4, 0.5) is 0 Å². The molecule has 0 saturated heterocycles. The maximum absolute atomic E-state index is 10.7. The van der Waals surface area contributed by atoms with Crippen LogP contribution in [0.5, 0.6) is 5.88 Å². The highest BCUT2D eigenvalue weighted by atomic mass is 16.5. The number of nitrogens with zero attached hydrogens (tertiary/aromatic N) is 3. The number of hydrogen-bond donors (Lipinski definition) is 1. The summed E-state index contributed by atoms with van der Waals surface area (Å²) in [5.74, 6) is -0.709. The highest BCUT2D eigenvalue weighted by Gasteiger charge is 2.09. The summed E-state index contributed by atoms with van der Waals surface area (Å²) in [7, 11) is 1.48. The summed E-state index contributed by atoms with van der Waals surface area (Å²) in [6, 6.07) is 2.96. The van der Waals surface area contributed by atoms with Crippen LogP contribution < -0.4 is 4.74 Å². The number of carboxylic acid groups (broad SMARTS) is 1. The van der Waals surface area contributed by atoms with Gasteiger partial charge in [-0.3, -0.25) is 0 Å². The van der Waals surface area contributed by atoms with E-state index >= 15 is 0 Å². The second-order valence-electron chi connectivity index (χ2n) is 2.76. The van der Waals surface area contributed by atoms with Gasteiger partial charge in [-0.25, -0.2) is 19.7 Å². The van der Waals surface area contributed by atoms with Crippen molar-refractivity contribution in [2.75, 3.05) is 7.11 Å². The van der Waals surface area contributed by atoms with Gasteiger partial charge in [0.1, 0.15) is 6.33 Å². The fourth-order valence-corrected chi connectivity index (χ4v) is 1.20. The molecule has 6 nitrogen and oxygen atoms in total. The number of aromatic carboxylic acids is 1. The first-order chi connectivity index (χ1) is 7.22. The summed E-state index contributed by atoms with van der Waals surface area (Å²) in [4.78, 5) is 22.3. The van der Waals surface area contributed by atoms with Crippen molar-refractivity contribution in [2.45, 2.75) is 0 Å². The zero-order valence-corrected chi connectivity index (χ0v) is 7.84. The topological polar surface area (TPSA) is 85.2 Å². The predicted molar refractivity (Wildman–Crippen MR) is 50.8 cm³/mol. The molecule has 0 aliphatic rings. The van der Waals surface area contributed by atoms with Crippen molar-refractivity contribution >= 4 is 17.0 Å². The molecule has 6 heteroatoms. The number of hydrogen-bond acceptors (Lipinski definition) is 5. The van der Waals surface area contributed by atoms with E-state index < -0.39 is 5.97 Å². The largest absolute Gasteiger partial charge is 0.480 e. The highest BCUT2D eigenvalue weighted by molar-refractivity contribution is 5.89. The summed E-state index contributed by atoms with van der Waals surface area (Å²) in [6.45, 7) is 0. The summed E-state index contributed by atoms with van der Waals surface area (Å²) in [6.07, 6.45) is 1.28. The third-order valence-electron chi connectivity index (χ3n) is 1.87. The quantitative estimate of drug-likeness (QED) is 0.777. The molecule has 0 aliphatic carbocycles.